The number of rotatable bonds is 11. The molecule has 14 rings (SSSR count). The van der Waals surface area contributed by atoms with Crippen LogP contribution in [0.4, 0.5) is 0 Å². The van der Waals surface area contributed by atoms with Crippen molar-refractivity contribution in [3.63, 3.8) is 0 Å². The zero-order valence-electron chi connectivity index (χ0n) is 41.5. The largest absolute Gasteiger partial charge is 0.0623 e. The number of hydrogen-bond acceptors (Lipinski definition) is 3. The molecule has 0 aliphatic rings. The normalized spacial score (nSPS) is 11.9. The fraction of sp³-hybridized carbons (Fsp3) is 0. The Balaban J connectivity index is 1.05. The molecule has 0 unspecified atom stereocenters. The summed E-state index contributed by atoms with van der Waals surface area (Å²) in [4.78, 5) is 16.8. The first-order valence-electron chi connectivity index (χ1n) is 25.9. The van der Waals surface area contributed by atoms with E-state index in [1.165, 1.54) is 38.3 Å². The van der Waals surface area contributed by atoms with Crippen LogP contribution in [0.2, 0.25) is 0 Å². The van der Waals surface area contributed by atoms with Gasteiger partial charge < -0.3 is 0 Å². The van der Waals surface area contributed by atoms with Gasteiger partial charge in [0.25, 0.3) is 0 Å². The van der Waals surface area contributed by atoms with E-state index in [1.54, 1.807) is 0 Å². The van der Waals surface area contributed by atoms with Crippen LogP contribution in [0.25, 0.3) is 66.9 Å². The van der Waals surface area contributed by atoms with Crippen molar-refractivity contribution < 1.29 is 0 Å². The second kappa shape index (κ2) is 18.9. The van der Waals surface area contributed by atoms with Gasteiger partial charge in [-0.1, -0.05) is 91.0 Å². The first-order chi connectivity index (χ1) is 37.7. The summed E-state index contributed by atoms with van der Waals surface area (Å²) in [6.07, 6.45) is 0. The molecule has 3 aromatic heterocycles. The van der Waals surface area contributed by atoms with Crippen LogP contribution in [0.3, 0.4) is 0 Å². The molecule has 0 saturated carbocycles. The molecule has 3 heterocycles. The Morgan fingerprint density at radius 1 is 0.263 bits per heavy atom. The standard InChI is InChI=1S/C69H49GeN5Si/c1-7-27-51(28-8-1)70(52-29-9-2-10-30-52,53-31-11-3-12-32-53)54-33-25-26-50(48-54)67-71-68(74-63-43-22-19-40-59(63)60-41-20-23-44-64(60)74)73-69(72-67)75-65-45-24-21-42-61(65)62-49-58(46-47-66(62)75)76(55-34-13-4-14-35-55,56-36-15-5-16-37-56)57-38-17-6-18-39-57/h1-49H. The number of para-hydroxylation sites is 3. The molecule has 7 heteroatoms. The molecule has 0 spiro atoms. The first kappa shape index (κ1) is 45.4. The maximum atomic E-state index is 5.63. The minimum absolute atomic E-state index is 0.547. The summed E-state index contributed by atoms with van der Waals surface area (Å²) < 4.78 is 9.81. The summed E-state index contributed by atoms with van der Waals surface area (Å²) in [5.74, 6) is 1.70. The van der Waals surface area contributed by atoms with Crippen molar-refractivity contribution in [2.24, 2.45) is 0 Å². The van der Waals surface area contributed by atoms with Crippen molar-refractivity contribution in [2.45, 2.75) is 0 Å². The van der Waals surface area contributed by atoms with Gasteiger partial charge in [0.15, 0.2) is 0 Å². The van der Waals surface area contributed by atoms with E-state index < -0.39 is 21.3 Å². The van der Waals surface area contributed by atoms with Gasteiger partial charge in [0, 0.05) is 0 Å². The van der Waals surface area contributed by atoms with Crippen molar-refractivity contribution in [1.82, 2.24) is 24.1 Å². The third-order valence-electron chi connectivity index (χ3n) is 15.5. The van der Waals surface area contributed by atoms with E-state index in [0.29, 0.717) is 17.7 Å². The molecule has 0 radical (unpaired) electrons. The van der Waals surface area contributed by atoms with E-state index in [4.69, 9.17) is 15.0 Å². The van der Waals surface area contributed by atoms with E-state index >= 15 is 0 Å². The number of nitrogens with zero attached hydrogens (tertiary/aromatic N) is 5. The van der Waals surface area contributed by atoms with E-state index in [-0.39, 0.29) is 0 Å². The van der Waals surface area contributed by atoms with Gasteiger partial charge in [0.1, 0.15) is 0 Å². The van der Waals surface area contributed by atoms with Crippen LogP contribution in [0.1, 0.15) is 0 Å². The Morgan fingerprint density at radius 3 is 1.05 bits per heavy atom. The third-order valence-corrected chi connectivity index (χ3v) is 30.3. The Hall–Kier alpha value is -9.21. The summed E-state index contributed by atoms with van der Waals surface area (Å²) in [5, 5.41) is 9.84. The zero-order valence-corrected chi connectivity index (χ0v) is 44.6. The molecule has 0 aliphatic heterocycles. The maximum absolute atomic E-state index is 5.63. The van der Waals surface area contributed by atoms with Gasteiger partial charge in [0.2, 0.25) is 0 Å². The average molecular weight is 1050 g/mol. The van der Waals surface area contributed by atoms with Gasteiger partial charge in [0.05, 0.1) is 0 Å². The fourth-order valence-electron chi connectivity index (χ4n) is 12.3. The quantitative estimate of drug-likeness (QED) is 0.0958. The van der Waals surface area contributed by atoms with Gasteiger partial charge in [-0.2, -0.15) is 0 Å². The Kier molecular flexibility index (Phi) is 11.3. The second-order valence-electron chi connectivity index (χ2n) is 19.5. The molecule has 0 aliphatic carbocycles. The SMILES string of the molecule is c1ccc([Si](c2ccccc2)(c2ccccc2)c2ccc3c(c2)c2ccccc2n3-c2nc(-c3ccc[c]([Ge]([c]4ccccc4)([c]4ccccc4)[c]4ccccc4)c3)nc(-n3c4ccccc4c4ccccc43)n2)cc1. The predicted molar refractivity (Wildman–Crippen MR) is 321 cm³/mol. The maximum Gasteiger partial charge on any atom is -0.0619 e. The Bertz CT molecular complexity index is 4150. The van der Waals surface area contributed by atoms with Crippen LogP contribution in [-0.2, 0) is 0 Å². The Morgan fingerprint density at radius 2 is 0.618 bits per heavy atom. The summed E-state index contributed by atoms with van der Waals surface area (Å²) in [6, 6.07) is 109. The smallest absolute Gasteiger partial charge is 0.0619 e. The molecule has 0 atom stereocenters. The number of benzene rings is 11. The molecular weight excluding hydrogens is 999 g/mol. The van der Waals surface area contributed by atoms with Gasteiger partial charge >= 0.3 is 341 Å². The average Bonchev–Trinajstić information content (AvgIpc) is 4.02. The Labute approximate surface area is 445 Å². The summed E-state index contributed by atoms with van der Waals surface area (Å²) in [5.41, 5.74) is 5.03. The van der Waals surface area contributed by atoms with Gasteiger partial charge in [-0.25, -0.2) is 0 Å². The van der Waals surface area contributed by atoms with Gasteiger partial charge in [-0.15, -0.1) is 0 Å². The molecule has 0 N–H and O–H groups in total. The summed E-state index contributed by atoms with van der Waals surface area (Å²) in [7, 11) is -2.87. The predicted octanol–water partition coefficient (Wildman–Crippen LogP) is 10.5. The molecule has 11 aromatic carbocycles. The minimum Gasteiger partial charge on any atom is -0.0623 e. The molecular formula is C69H49GeN5Si. The van der Waals surface area contributed by atoms with Crippen LogP contribution >= 0.6 is 0 Å². The van der Waals surface area contributed by atoms with Crippen LogP contribution in [-0.4, -0.2) is 45.4 Å². The monoisotopic (exact) mass is 1050 g/mol. The van der Waals surface area contributed by atoms with Crippen LogP contribution in [0, 0.1) is 0 Å². The second-order valence-corrected chi connectivity index (χ2v) is 31.3. The summed E-state index contributed by atoms with van der Waals surface area (Å²) in [6.45, 7) is 0. The number of fused-ring (bicyclic) bond motifs is 6. The van der Waals surface area contributed by atoms with E-state index in [2.05, 4.69) is 306 Å². The van der Waals surface area contributed by atoms with Crippen molar-refractivity contribution in [3.05, 3.63) is 297 Å². The molecule has 76 heavy (non-hydrogen) atoms. The van der Waals surface area contributed by atoms with Crippen LogP contribution in [0.5, 0.6) is 0 Å². The van der Waals surface area contributed by atoms with E-state index in [9.17, 15) is 0 Å². The number of hydrogen-bond donors (Lipinski definition) is 0. The first-order valence-corrected chi connectivity index (χ1v) is 32.1. The van der Waals surface area contributed by atoms with Gasteiger partial charge in [-0.3, -0.25) is 0 Å². The zero-order chi connectivity index (χ0) is 50.5. The van der Waals surface area contributed by atoms with Crippen LogP contribution < -0.4 is 38.3 Å². The molecule has 0 saturated heterocycles. The van der Waals surface area contributed by atoms with Gasteiger partial charge in [-0.05, 0) is 15.6 Å². The topological polar surface area (TPSA) is 48.5 Å². The van der Waals surface area contributed by atoms with Crippen LogP contribution in [0.15, 0.2) is 297 Å². The molecule has 358 valence electrons. The van der Waals surface area contributed by atoms with Crippen molar-refractivity contribution >= 4 is 103 Å². The third kappa shape index (κ3) is 7.24. The minimum atomic E-state index is -3.70. The van der Waals surface area contributed by atoms with Crippen molar-refractivity contribution in [1.29, 1.82) is 0 Å². The van der Waals surface area contributed by atoms with E-state index in [1.807, 2.05) is 0 Å². The summed E-state index contributed by atoms with van der Waals surface area (Å²) >= 11 is -3.70. The number of aromatic nitrogens is 5. The molecule has 0 amide bonds. The van der Waals surface area contributed by atoms with Crippen molar-refractivity contribution in [3.8, 4) is 23.3 Å². The molecule has 0 bridgehead atoms. The van der Waals surface area contributed by atoms with E-state index in [0.717, 1.165) is 49.2 Å². The van der Waals surface area contributed by atoms with Crippen molar-refractivity contribution in [2.75, 3.05) is 0 Å². The fourth-order valence-corrected chi connectivity index (χ4v) is 27.1. The molecule has 5 nitrogen and oxygen atoms in total. The molecule has 0 fully saturated rings. The molecule has 14 aromatic rings.